The largest absolute Gasteiger partial charge is 0.386 e. The molecule has 0 fully saturated rings. The summed E-state index contributed by atoms with van der Waals surface area (Å²) in [7, 11) is 0. The van der Waals surface area contributed by atoms with Crippen molar-refractivity contribution in [1.82, 2.24) is 4.98 Å². The lowest BCUT2D eigenvalue weighted by atomic mass is 9.95. The molecule has 3 aromatic rings. The van der Waals surface area contributed by atoms with E-state index in [9.17, 15) is 9.50 Å². The van der Waals surface area contributed by atoms with Gasteiger partial charge >= 0.3 is 0 Å². The highest BCUT2D eigenvalue weighted by Crippen LogP contribution is 2.30. The summed E-state index contributed by atoms with van der Waals surface area (Å²) in [5.41, 5.74) is 8.82. The smallest absolute Gasteiger partial charge is 0.129 e. The lowest BCUT2D eigenvalue weighted by Gasteiger charge is -2.20. The zero-order chi connectivity index (χ0) is 17.1. The SMILES string of the molecule is N[C@@H](c1ccc(Cl)cc1F)[C@H](O)c1ccc(-c2cccnc2)cc1. The summed E-state index contributed by atoms with van der Waals surface area (Å²) >= 11 is 5.75. The molecule has 0 aliphatic heterocycles. The third-order valence-electron chi connectivity index (χ3n) is 3.91. The second kappa shape index (κ2) is 7.09. The van der Waals surface area contributed by atoms with Crippen LogP contribution in [0.2, 0.25) is 5.02 Å². The number of pyridine rings is 1. The van der Waals surface area contributed by atoms with Crippen LogP contribution in [0.3, 0.4) is 0 Å². The normalized spacial score (nSPS) is 13.5. The third-order valence-corrected chi connectivity index (χ3v) is 4.14. The Morgan fingerprint density at radius 2 is 1.79 bits per heavy atom. The van der Waals surface area contributed by atoms with Crippen LogP contribution in [-0.4, -0.2) is 10.1 Å². The number of aliphatic hydroxyl groups excluding tert-OH is 1. The highest BCUT2D eigenvalue weighted by atomic mass is 35.5. The van der Waals surface area contributed by atoms with Crippen LogP contribution in [0.15, 0.2) is 67.0 Å². The lowest BCUT2D eigenvalue weighted by molar-refractivity contribution is 0.145. The highest BCUT2D eigenvalue weighted by Gasteiger charge is 2.21. The van der Waals surface area contributed by atoms with Crippen molar-refractivity contribution >= 4 is 11.6 Å². The minimum absolute atomic E-state index is 0.225. The number of hydrogen-bond donors (Lipinski definition) is 2. The predicted octanol–water partition coefficient (Wildman–Crippen LogP) is 4.27. The van der Waals surface area contributed by atoms with Crippen molar-refractivity contribution in [3.05, 3.63) is 89.0 Å². The van der Waals surface area contributed by atoms with Crippen molar-refractivity contribution in [2.75, 3.05) is 0 Å². The average Bonchev–Trinajstić information content (AvgIpc) is 2.61. The molecule has 0 unspecified atom stereocenters. The Morgan fingerprint density at radius 3 is 2.42 bits per heavy atom. The third kappa shape index (κ3) is 3.46. The van der Waals surface area contributed by atoms with Crippen molar-refractivity contribution in [2.24, 2.45) is 5.73 Å². The number of nitrogens with two attached hydrogens (primary N) is 1. The predicted molar refractivity (Wildman–Crippen MR) is 93.0 cm³/mol. The Bertz CT molecular complexity index is 825. The van der Waals surface area contributed by atoms with Crippen LogP contribution in [0.25, 0.3) is 11.1 Å². The summed E-state index contributed by atoms with van der Waals surface area (Å²) in [6.07, 6.45) is 2.45. The molecular weight excluding hydrogens is 327 g/mol. The summed E-state index contributed by atoms with van der Waals surface area (Å²) < 4.78 is 14.0. The number of aliphatic hydroxyl groups is 1. The molecule has 5 heteroatoms. The number of rotatable bonds is 4. The number of halogens is 2. The van der Waals surface area contributed by atoms with Crippen molar-refractivity contribution in [2.45, 2.75) is 12.1 Å². The van der Waals surface area contributed by atoms with Gasteiger partial charge in [0.15, 0.2) is 0 Å². The van der Waals surface area contributed by atoms with Crippen LogP contribution in [-0.2, 0) is 0 Å². The second-order valence-corrected chi connectivity index (χ2v) is 5.94. The van der Waals surface area contributed by atoms with Crippen molar-refractivity contribution in [3.8, 4) is 11.1 Å². The molecule has 122 valence electrons. The summed E-state index contributed by atoms with van der Waals surface area (Å²) in [5, 5.41) is 10.8. The van der Waals surface area contributed by atoms with E-state index in [2.05, 4.69) is 4.98 Å². The monoisotopic (exact) mass is 342 g/mol. The first kappa shape index (κ1) is 16.6. The first-order valence-corrected chi connectivity index (χ1v) is 7.83. The first-order valence-electron chi connectivity index (χ1n) is 7.45. The van der Waals surface area contributed by atoms with E-state index < -0.39 is 18.0 Å². The number of aromatic nitrogens is 1. The lowest BCUT2D eigenvalue weighted by Crippen LogP contribution is -2.20. The molecule has 0 amide bonds. The minimum Gasteiger partial charge on any atom is -0.386 e. The fourth-order valence-electron chi connectivity index (χ4n) is 2.56. The Labute approximate surface area is 144 Å². The molecule has 0 bridgehead atoms. The molecule has 1 heterocycles. The van der Waals surface area contributed by atoms with Gasteiger partial charge in [0.05, 0.1) is 12.1 Å². The van der Waals surface area contributed by atoms with E-state index in [0.717, 1.165) is 11.1 Å². The van der Waals surface area contributed by atoms with Gasteiger partial charge in [-0.05, 0) is 34.9 Å². The minimum atomic E-state index is -1.02. The molecule has 2 aromatic carbocycles. The van der Waals surface area contributed by atoms with Crippen LogP contribution < -0.4 is 5.73 Å². The maximum atomic E-state index is 14.0. The molecule has 3 rings (SSSR count). The van der Waals surface area contributed by atoms with Gasteiger partial charge in [-0.2, -0.15) is 0 Å². The van der Waals surface area contributed by atoms with Gasteiger partial charge in [0.25, 0.3) is 0 Å². The van der Waals surface area contributed by atoms with Gasteiger partial charge in [-0.3, -0.25) is 4.98 Å². The first-order chi connectivity index (χ1) is 11.6. The van der Waals surface area contributed by atoms with Crippen molar-refractivity contribution in [3.63, 3.8) is 0 Å². The fraction of sp³-hybridized carbons (Fsp3) is 0.105. The summed E-state index contributed by atoms with van der Waals surface area (Å²) in [5.74, 6) is -0.527. The Hall–Kier alpha value is -2.27. The van der Waals surface area contributed by atoms with Crippen LogP contribution in [0, 0.1) is 5.82 Å². The zero-order valence-electron chi connectivity index (χ0n) is 12.7. The Balaban J connectivity index is 1.83. The topological polar surface area (TPSA) is 59.1 Å². The van der Waals surface area contributed by atoms with E-state index in [-0.39, 0.29) is 5.56 Å². The molecule has 3 N–H and O–H groups in total. The van der Waals surface area contributed by atoms with Gasteiger partial charge in [-0.25, -0.2) is 4.39 Å². The van der Waals surface area contributed by atoms with E-state index >= 15 is 0 Å². The molecule has 0 aliphatic carbocycles. The maximum absolute atomic E-state index is 14.0. The van der Waals surface area contributed by atoms with E-state index in [4.69, 9.17) is 17.3 Å². The van der Waals surface area contributed by atoms with Crippen LogP contribution in [0.5, 0.6) is 0 Å². The molecule has 3 nitrogen and oxygen atoms in total. The number of hydrogen-bond acceptors (Lipinski definition) is 3. The molecule has 0 spiro atoms. The van der Waals surface area contributed by atoms with Crippen LogP contribution in [0.1, 0.15) is 23.3 Å². The molecule has 2 atom stereocenters. The van der Waals surface area contributed by atoms with Crippen LogP contribution in [0.4, 0.5) is 4.39 Å². The van der Waals surface area contributed by atoms with Gasteiger partial charge < -0.3 is 10.8 Å². The fourth-order valence-corrected chi connectivity index (χ4v) is 2.71. The van der Waals surface area contributed by atoms with Gasteiger partial charge in [-0.15, -0.1) is 0 Å². The number of benzene rings is 2. The van der Waals surface area contributed by atoms with Crippen LogP contribution >= 0.6 is 11.6 Å². The Morgan fingerprint density at radius 1 is 1.04 bits per heavy atom. The zero-order valence-corrected chi connectivity index (χ0v) is 13.5. The standard InChI is InChI=1S/C19H16ClFN2O/c20-15-7-8-16(17(21)10-15)18(22)19(24)13-5-3-12(4-6-13)14-2-1-9-23-11-14/h1-11,18-19,24H,22H2/t18-,19+/m0/s1. The molecule has 24 heavy (non-hydrogen) atoms. The summed E-state index contributed by atoms with van der Waals surface area (Å²) in [6, 6.07) is 14.5. The van der Waals surface area contributed by atoms with Gasteiger partial charge in [-0.1, -0.05) is 48.0 Å². The summed E-state index contributed by atoms with van der Waals surface area (Å²) in [6.45, 7) is 0. The van der Waals surface area contributed by atoms with E-state index in [1.807, 2.05) is 24.3 Å². The summed E-state index contributed by atoms with van der Waals surface area (Å²) in [4.78, 5) is 4.08. The molecular formula is C19H16ClFN2O. The molecule has 0 aliphatic rings. The van der Waals surface area contributed by atoms with Gasteiger partial charge in [0, 0.05) is 23.0 Å². The average molecular weight is 343 g/mol. The molecule has 1 aromatic heterocycles. The highest BCUT2D eigenvalue weighted by molar-refractivity contribution is 6.30. The molecule has 0 saturated carbocycles. The van der Waals surface area contributed by atoms with Gasteiger partial charge in [0.2, 0.25) is 0 Å². The molecule has 0 saturated heterocycles. The Kier molecular flexibility index (Phi) is 4.90. The molecule has 0 radical (unpaired) electrons. The van der Waals surface area contributed by atoms with E-state index in [0.29, 0.717) is 10.6 Å². The van der Waals surface area contributed by atoms with E-state index in [1.165, 1.54) is 12.1 Å². The second-order valence-electron chi connectivity index (χ2n) is 5.50. The van der Waals surface area contributed by atoms with Crippen molar-refractivity contribution in [1.29, 1.82) is 0 Å². The van der Waals surface area contributed by atoms with E-state index in [1.54, 1.807) is 30.6 Å². The number of nitrogens with zero attached hydrogens (tertiary/aromatic N) is 1. The van der Waals surface area contributed by atoms with Crippen molar-refractivity contribution < 1.29 is 9.50 Å². The quantitative estimate of drug-likeness (QED) is 0.744. The maximum Gasteiger partial charge on any atom is 0.129 e. The van der Waals surface area contributed by atoms with Gasteiger partial charge in [0.1, 0.15) is 5.82 Å².